The summed E-state index contributed by atoms with van der Waals surface area (Å²) in [5.41, 5.74) is 7.50. The van der Waals surface area contributed by atoms with E-state index in [1.165, 1.54) is 24.4 Å². The van der Waals surface area contributed by atoms with Gasteiger partial charge in [-0.2, -0.15) is 0 Å². The topological polar surface area (TPSA) is 76.7 Å². The number of rotatable bonds is 7. The van der Waals surface area contributed by atoms with Gasteiger partial charge < -0.3 is 9.47 Å². The Balaban J connectivity index is 1.88. The predicted octanol–water partition coefficient (Wildman–Crippen LogP) is 3.26. The highest BCUT2D eigenvalue weighted by Crippen LogP contribution is 2.28. The summed E-state index contributed by atoms with van der Waals surface area (Å²) in [7, 11) is 1.51. The van der Waals surface area contributed by atoms with Crippen molar-refractivity contribution in [3.8, 4) is 11.5 Å². The number of hydrogen-bond acceptors (Lipinski definition) is 5. The van der Waals surface area contributed by atoms with Crippen molar-refractivity contribution in [2.45, 2.75) is 25.7 Å². The molecular weight excluding hydrogens is 364 g/mol. The summed E-state index contributed by atoms with van der Waals surface area (Å²) in [6.07, 6.45) is 0. The lowest BCUT2D eigenvalue weighted by Gasteiger charge is -2.12. The summed E-state index contributed by atoms with van der Waals surface area (Å²) >= 11 is 1.42. The van der Waals surface area contributed by atoms with Gasteiger partial charge >= 0.3 is 0 Å². The number of ether oxygens (including phenoxy) is 2. The first-order valence-corrected chi connectivity index (χ1v) is 9.53. The first-order chi connectivity index (χ1) is 12.9. The summed E-state index contributed by atoms with van der Waals surface area (Å²) in [4.78, 5) is 25.3. The Morgan fingerprint density at radius 1 is 1.04 bits per heavy atom. The molecular formula is C20H24N2O4S. The molecule has 0 spiro atoms. The second-order valence-corrected chi connectivity index (χ2v) is 6.88. The molecule has 2 aromatic rings. The van der Waals surface area contributed by atoms with Crippen LogP contribution in [-0.4, -0.2) is 31.3 Å². The number of methoxy groups -OCH3 is 1. The molecule has 0 heterocycles. The van der Waals surface area contributed by atoms with Crippen LogP contribution in [0.4, 0.5) is 0 Å². The minimum Gasteiger partial charge on any atom is -0.493 e. The summed E-state index contributed by atoms with van der Waals surface area (Å²) in [5, 5.41) is 0. The summed E-state index contributed by atoms with van der Waals surface area (Å²) < 4.78 is 10.6. The van der Waals surface area contributed by atoms with Crippen LogP contribution in [0, 0.1) is 13.8 Å². The van der Waals surface area contributed by atoms with E-state index >= 15 is 0 Å². The van der Waals surface area contributed by atoms with Crippen LogP contribution in [0.2, 0.25) is 0 Å². The zero-order chi connectivity index (χ0) is 19.8. The van der Waals surface area contributed by atoms with E-state index in [2.05, 4.69) is 16.9 Å². The summed E-state index contributed by atoms with van der Waals surface area (Å²) in [6.45, 7) is 6.40. The van der Waals surface area contributed by atoms with Gasteiger partial charge in [0.15, 0.2) is 11.5 Å². The molecule has 144 valence electrons. The second kappa shape index (κ2) is 9.87. The van der Waals surface area contributed by atoms with Gasteiger partial charge in [0.05, 0.1) is 19.5 Å². The van der Waals surface area contributed by atoms with Crippen LogP contribution in [0.25, 0.3) is 0 Å². The molecule has 0 aliphatic rings. The summed E-state index contributed by atoms with van der Waals surface area (Å²) in [6, 6.07) is 10.9. The molecule has 2 N–H and O–H groups in total. The zero-order valence-electron chi connectivity index (χ0n) is 15.9. The van der Waals surface area contributed by atoms with Crippen molar-refractivity contribution < 1.29 is 19.1 Å². The molecule has 0 saturated heterocycles. The molecule has 0 saturated carbocycles. The van der Waals surface area contributed by atoms with Gasteiger partial charge in [-0.05, 0) is 50.6 Å². The Bertz CT molecular complexity index is 824. The van der Waals surface area contributed by atoms with Gasteiger partial charge in [-0.15, -0.1) is 11.8 Å². The van der Waals surface area contributed by atoms with Gasteiger partial charge in [0.2, 0.25) is 5.91 Å². The van der Waals surface area contributed by atoms with Crippen LogP contribution in [0.15, 0.2) is 41.3 Å². The lowest BCUT2D eigenvalue weighted by molar-refractivity contribution is -0.119. The molecule has 0 unspecified atom stereocenters. The maximum absolute atomic E-state index is 12.2. The van der Waals surface area contributed by atoms with Crippen molar-refractivity contribution in [2.75, 3.05) is 19.5 Å². The van der Waals surface area contributed by atoms with Gasteiger partial charge in [0, 0.05) is 10.5 Å². The van der Waals surface area contributed by atoms with Gasteiger partial charge in [-0.3, -0.25) is 20.4 Å². The first-order valence-electron chi connectivity index (χ1n) is 8.54. The zero-order valence-corrected chi connectivity index (χ0v) is 16.7. The van der Waals surface area contributed by atoms with E-state index in [1.54, 1.807) is 18.2 Å². The van der Waals surface area contributed by atoms with E-state index < -0.39 is 5.91 Å². The Morgan fingerprint density at radius 3 is 2.48 bits per heavy atom. The number of amides is 2. The monoisotopic (exact) mass is 388 g/mol. The van der Waals surface area contributed by atoms with E-state index in [-0.39, 0.29) is 11.7 Å². The molecule has 2 rings (SSSR count). The van der Waals surface area contributed by atoms with Crippen LogP contribution in [0.5, 0.6) is 11.5 Å². The van der Waals surface area contributed by atoms with Crippen LogP contribution in [-0.2, 0) is 4.79 Å². The van der Waals surface area contributed by atoms with Crippen molar-refractivity contribution in [3.05, 3.63) is 53.1 Å². The number of hydrogen-bond donors (Lipinski definition) is 2. The number of nitrogens with one attached hydrogen (secondary N) is 2. The third-order valence-corrected chi connectivity index (χ3v) is 4.91. The van der Waals surface area contributed by atoms with Crippen molar-refractivity contribution >= 4 is 23.6 Å². The van der Waals surface area contributed by atoms with E-state index in [4.69, 9.17) is 9.47 Å². The van der Waals surface area contributed by atoms with Gasteiger partial charge in [-0.25, -0.2) is 0 Å². The minimum atomic E-state index is -0.429. The van der Waals surface area contributed by atoms with E-state index in [9.17, 15) is 9.59 Å². The Labute approximate surface area is 163 Å². The molecule has 0 aliphatic carbocycles. The van der Waals surface area contributed by atoms with E-state index in [0.29, 0.717) is 23.7 Å². The van der Waals surface area contributed by atoms with E-state index in [0.717, 1.165) is 10.5 Å². The van der Waals surface area contributed by atoms with Crippen molar-refractivity contribution in [1.82, 2.24) is 10.9 Å². The summed E-state index contributed by atoms with van der Waals surface area (Å²) in [5.74, 6) is 0.510. The first kappa shape index (κ1) is 20.6. The molecule has 27 heavy (non-hydrogen) atoms. The van der Waals surface area contributed by atoms with Crippen LogP contribution >= 0.6 is 11.8 Å². The fourth-order valence-corrected chi connectivity index (χ4v) is 3.23. The molecule has 0 aromatic heterocycles. The van der Waals surface area contributed by atoms with Gasteiger partial charge in [0.25, 0.3) is 5.91 Å². The fraction of sp³-hybridized carbons (Fsp3) is 0.300. The number of carbonyl (C=O) groups excluding carboxylic acids is 2. The molecule has 7 heteroatoms. The third-order valence-electron chi connectivity index (χ3n) is 3.73. The standard InChI is InChI=1S/C20H24N2O4S/c1-5-26-16-8-7-15(11-17(16)25-4)20(24)22-21-19(23)12-27-18-9-6-13(2)10-14(18)3/h6-11H,5,12H2,1-4H3,(H,21,23)(H,22,24). The van der Waals surface area contributed by atoms with Crippen molar-refractivity contribution in [3.63, 3.8) is 0 Å². The normalized spacial score (nSPS) is 10.2. The quantitative estimate of drug-likeness (QED) is 0.562. The number of aryl methyl sites for hydroxylation is 2. The Morgan fingerprint density at radius 2 is 1.81 bits per heavy atom. The second-order valence-electron chi connectivity index (χ2n) is 5.86. The Hall–Kier alpha value is -2.67. The molecule has 2 aromatic carbocycles. The maximum Gasteiger partial charge on any atom is 0.269 e. The SMILES string of the molecule is CCOc1ccc(C(=O)NNC(=O)CSc2ccc(C)cc2C)cc1OC. The van der Waals surface area contributed by atoms with Crippen molar-refractivity contribution in [2.24, 2.45) is 0 Å². The van der Waals surface area contributed by atoms with Gasteiger partial charge in [0.1, 0.15) is 0 Å². The lowest BCUT2D eigenvalue weighted by atomic mass is 10.2. The molecule has 0 bridgehead atoms. The lowest BCUT2D eigenvalue weighted by Crippen LogP contribution is -2.42. The Kier molecular flexibility index (Phi) is 7.55. The average Bonchev–Trinajstić information content (AvgIpc) is 2.66. The minimum absolute atomic E-state index is 0.205. The fourth-order valence-electron chi connectivity index (χ4n) is 2.42. The number of hydrazine groups is 1. The number of carbonyl (C=O) groups is 2. The highest BCUT2D eigenvalue weighted by atomic mass is 32.2. The molecule has 0 aliphatic heterocycles. The highest BCUT2D eigenvalue weighted by Gasteiger charge is 2.12. The molecule has 0 radical (unpaired) electrons. The largest absolute Gasteiger partial charge is 0.493 e. The molecule has 6 nitrogen and oxygen atoms in total. The number of benzene rings is 2. The van der Waals surface area contributed by atoms with Crippen LogP contribution < -0.4 is 20.3 Å². The van der Waals surface area contributed by atoms with Crippen molar-refractivity contribution in [1.29, 1.82) is 0 Å². The van der Waals surface area contributed by atoms with Crippen LogP contribution in [0.3, 0.4) is 0 Å². The van der Waals surface area contributed by atoms with Crippen LogP contribution in [0.1, 0.15) is 28.4 Å². The molecule has 0 atom stereocenters. The number of thioether (sulfide) groups is 1. The van der Waals surface area contributed by atoms with Gasteiger partial charge in [-0.1, -0.05) is 17.7 Å². The van der Waals surface area contributed by atoms with E-state index in [1.807, 2.05) is 32.9 Å². The highest BCUT2D eigenvalue weighted by molar-refractivity contribution is 8.00. The molecule has 2 amide bonds. The smallest absolute Gasteiger partial charge is 0.269 e. The average molecular weight is 388 g/mol. The molecule has 0 fully saturated rings. The predicted molar refractivity (Wildman–Crippen MR) is 106 cm³/mol. The third kappa shape index (κ3) is 5.92. The maximum atomic E-state index is 12.2.